The predicted octanol–water partition coefficient (Wildman–Crippen LogP) is 0.931. The fraction of sp³-hybridized carbons (Fsp3) is 0.389. The van der Waals surface area contributed by atoms with E-state index in [0.717, 1.165) is 24.2 Å². The van der Waals surface area contributed by atoms with Crippen LogP contribution in [-0.2, 0) is 20.6 Å². The third-order valence-electron chi connectivity index (χ3n) is 4.74. The van der Waals surface area contributed by atoms with E-state index in [-0.39, 0.29) is 5.56 Å². The molecule has 0 spiro atoms. The molecule has 0 atom stereocenters. The quantitative estimate of drug-likeness (QED) is 0.800. The van der Waals surface area contributed by atoms with Gasteiger partial charge < -0.3 is 4.90 Å². The van der Waals surface area contributed by atoms with E-state index >= 15 is 0 Å². The lowest BCUT2D eigenvalue weighted by atomic mass is 10.2. The van der Waals surface area contributed by atoms with Gasteiger partial charge in [0.05, 0.1) is 0 Å². The molecule has 2 heterocycles. The molecule has 26 heavy (non-hydrogen) atoms. The Morgan fingerprint density at radius 1 is 1.04 bits per heavy atom. The van der Waals surface area contributed by atoms with E-state index in [1.54, 1.807) is 7.05 Å². The number of hydrogen-bond donors (Lipinski definition) is 0. The molecule has 0 aliphatic carbocycles. The summed E-state index contributed by atoms with van der Waals surface area (Å²) in [6.45, 7) is 3.64. The van der Waals surface area contributed by atoms with Crippen LogP contribution in [0.4, 0.5) is 5.82 Å². The average molecular weight is 374 g/mol. The van der Waals surface area contributed by atoms with Crippen LogP contribution in [0.1, 0.15) is 11.1 Å². The number of benzene rings is 1. The lowest BCUT2D eigenvalue weighted by molar-refractivity contribution is 0.248. The Morgan fingerprint density at radius 2 is 1.65 bits per heavy atom. The van der Waals surface area contributed by atoms with Crippen LogP contribution in [0.2, 0.25) is 5.02 Å². The van der Waals surface area contributed by atoms with E-state index in [1.165, 1.54) is 17.2 Å². The summed E-state index contributed by atoms with van der Waals surface area (Å²) < 4.78 is 2.35. The largest absolute Gasteiger partial charge is 0.354 e. The molecular formula is C18H20ClN5O2. The Balaban J connectivity index is 1.78. The molecule has 2 aromatic rings. The summed E-state index contributed by atoms with van der Waals surface area (Å²) in [5.41, 5.74) is 0.226. The highest BCUT2D eigenvalue weighted by Crippen LogP contribution is 2.18. The zero-order valence-corrected chi connectivity index (χ0v) is 15.5. The molecule has 0 radical (unpaired) electrons. The van der Waals surface area contributed by atoms with Crippen molar-refractivity contribution >= 4 is 17.4 Å². The van der Waals surface area contributed by atoms with Gasteiger partial charge in [0, 0.05) is 51.8 Å². The normalized spacial score (nSPS) is 15.1. The summed E-state index contributed by atoms with van der Waals surface area (Å²) >= 11 is 5.92. The van der Waals surface area contributed by atoms with Crippen LogP contribution in [0, 0.1) is 11.3 Å². The standard InChI is InChI=1S/C18H20ClN5O2/c1-21-16(15(11-20)17(25)22(2)18(21)26)24-9-7-23(8-10-24)12-13-3-5-14(19)6-4-13/h3-6H,7-10,12H2,1-2H3. The van der Waals surface area contributed by atoms with Gasteiger partial charge in [-0.05, 0) is 17.7 Å². The molecule has 1 aromatic carbocycles. The summed E-state index contributed by atoms with van der Waals surface area (Å²) in [6, 6.07) is 9.73. The van der Waals surface area contributed by atoms with Crippen LogP contribution in [0.5, 0.6) is 0 Å². The lowest BCUT2D eigenvalue weighted by Crippen LogP contribution is -2.50. The molecule has 0 bridgehead atoms. The molecule has 1 aliphatic rings. The van der Waals surface area contributed by atoms with Crippen molar-refractivity contribution in [2.24, 2.45) is 14.1 Å². The van der Waals surface area contributed by atoms with Gasteiger partial charge in [-0.3, -0.25) is 18.8 Å². The third kappa shape index (κ3) is 3.39. The van der Waals surface area contributed by atoms with Crippen molar-refractivity contribution in [2.75, 3.05) is 31.1 Å². The van der Waals surface area contributed by atoms with Crippen molar-refractivity contribution in [3.8, 4) is 6.07 Å². The maximum absolute atomic E-state index is 12.2. The van der Waals surface area contributed by atoms with Crippen LogP contribution < -0.4 is 16.1 Å². The Labute approximate surface area is 156 Å². The summed E-state index contributed by atoms with van der Waals surface area (Å²) in [6.07, 6.45) is 0. The third-order valence-corrected chi connectivity index (χ3v) is 4.99. The zero-order chi connectivity index (χ0) is 18.8. The van der Waals surface area contributed by atoms with Gasteiger partial charge in [0.2, 0.25) is 0 Å². The summed E-state index contributed by atoms with van der Waals surface area (Å²) in [5.74, 6) is 0.409. The SMILES string of the molecule is Cn1c(N2CCN(Cc3ccc(Cl)cc3)CC2)c(C#N)c(=O)n(C)c1=O. The molecule has 7 nitrogen and oxygen atoms in total. The van der Waals surface area contributed by atoms with Crippen LogP contribution in [0.15, 0.2) is 33.9 Å². The molecule has 8 heteroatoms. The molecule has 1 fully saturated rings. The van der Waals surface area contributed by atoms with Crippen LogP contribution in [0.25, 0.3) is 0 Å². The molecule has 136 valence electrons. The zero-order valence-electron chi connectivity index (χ0n) is 14.8. The monoisotopic (exact) mass is 373 g/mol. The van der Waals surface area contributed by atoms with Crippen molar-refractivity contribution < 1.29 is 0 Å². The van der Waals surface area contributed by atoms with Crippen molar-refractivity contribution in [3.05, 3.63) is 61.3 Å². The summed E-state index contributed by atoms with van der Waals surface area (Å²) in [4.78, 5) is 28.7. The minimum atomic E-state index is -0.547. The molecule has 0 amide bonds. The van der Waals surface area contributed by atoms with E-state index in [2.05, 4.69) is 4.90 Å². The molecule has 0 N–H and O–H groups in total. The van der Waals surface area contributed by atoms with E-state index in [9.17, 15) is 14.9 Å². The highest BCUT2D eigenvalue weighted by molar-refractivity contribution is 6.30. The van der Waals surface area contributed by atoms with E-state index in [4.69, 9.17) is 11.6 Å². The molecule has 0 unspecified atom stereocenters. The van der Waals surface area contributed by atoms with Gasteiger partial charge >= 0.3 is 5.69 Å². The molecule has 0 saturated carbocycles. The Kier molecular flexibility index (Phi) is 5.16. The molecular weight excluding hydrogens is 354 g/mol. The molecule has 1 aromatic heterocycles. The van der Waals surface area contributed by atoms with Gasteiger partial charge in [-0.2, -0.15) is 5.26 Å². The fourth-order valence-corrected chi connectivity index (χ4v) is 3.39. The first kappa shape index (κ1) is 18.2. The second kappa shape index (κ2) is 7.36. The minimum absolute atomic E-state index is 0.0146. The number of halogens is 1. The van der Waals surface area contributed by atoms with Crippen molar-refractivity contribution in [1.29, 1.82) is 5.26 Å². The number of anilines is 1. The highest BCUT2D eigenvalue weighted by atomic mass is 35.5. The first-order valence-electron chi connectivity index (χ1n) is 8.34. The second-order valence-corrected chi connectivity index (χ2v) is 6.84. The molecule has 3 rings (SSSR count). The van der Waals surface area contributed by atoms with Crippen LogP contribution in [-0.4, -0.2) is 40.2 Å². The maximum atomic E-state index is 12.2. The van der Waals surface area contributed by atoms with E-state index < -0.39 is 11.2 Å². The maximum Gasteiger partial charge on any atom is 0.332 e. The van der Waals surface area contributed by atoms with Crippen LogP contribution >= 0.6 is 11.6 Å². The van der Waals surface area contributed by atoms with Crippen molar-refractivity contribution in [3.63, 3.8) is 0 Å². The average Bonchev–Trinajstić information content (AvgIpc) is 2.65. The Bertz CT molecular complexity index is 963. The number of rotatable bonds is 3. The van der Waals surface area contributed by atoms with Gasteiger partial charge in [0.15, 0.2) is 5.56 Å². The van der Waals surface area contributed by atoms with Crippen LogP contribution in [0.3, 0.4) is 0 Å². The number of aromatic nitrogens is 2. The van der Waals surface area contributed by atoms with E-state index in [0.29, 0.717) is 23.9 Å². The van der Waals surface area contributed by atoms with Gasteiger partial charge in [0.1, 0.15) is 11.9 Å². The van der Waals surface area contributed by atoms with Gasteiger partial charge in [0.25, 0.3) is 5.56 Å². The van der Waals surface area contributed by atoms with Crippen molar-refractivity contribution in [2.45, 2.75) is 6.54 Å². The smallest absolute Gasteiger partial charge is 0.332 e. The lowest BCUT2D eigenvalue weighted by Gasteiger charge is -2.36. The van der Waals surface area contributed by atoms with Gasteiger partial charge in [-0.25, -0.2) is 4.79 Å². The summed E-state index contributed by atoms with van der Waals surface area (Å²) in [5, 5.41) is 10.1. The first-order chi connectivity index (χ1) is 12.4. The van der Waals surface area contributed by atoms with Crippen molar-refractivity contribution in [1.82, 2.24) is 14.0 Å². The number of nitrogens with zero attached hydrogens (tertiary/aromatic N) is 5. The fourth-order valence-electron chi connectivity index (χ4n) is 3.27. The first-order valence-corrected chi connectivity index (χ1v) is 8.72. The predicted molar refractivity (Wildman–Crippen MR) is 101 cm³/mol. The second-order valence-electron chi connectivity index (χ2n) is 6.41. The Morgan fingerprint density at radius 3 is 2.23 bits per heavy atom. The minimum Gasteiger partial charge on any atom is -0.354 e. The van der Waals surface area contributed by atoms with Gasteiger partial charge in [-0.15, -0.1) is 0 Å². The highest BCUT2D eigenvalue weighted by Gasteiger charge is 2.24. The molecule has 1 aliphatic heterocycles. The molecule has 1 saturated heterocycles. The van der Waals surface area contributed by atoms with Gasteiger partial charge in [-0.1, -0.05) is 23.7 Å². The van der Waals surface area contributed by atoms with E-state index in [1.807, 2.05) is 35.2 Å². The topological polar surface area (TPSA) is 74.3 Å². The summed E-state index contributed by atoms with van der Waals surface area (Å²) in [7, 11) is 2.98. The Hall–Kier alpha value is -2.56. The number of hydrogen-bond acceptors (Lipinski definition) is 5. The number of piperazine rings is 1. The number of nitriles is 1.